The number of amides is 2. The van der Waals surface area contributed by atoms with Crippen LogP contribution in [0.1, 0.15) is 61.8 Å². The molecule has 9 nitrogen and oxygen atoms in total. The summed E-state index contributed by atoms with van der Waals surface area (Å²) in [5.74, 6) is 0.232. The number of halogens is 2. The lowest BCUT2D eigenvalue weighted by Gasteiger charge is -2.30. The van der Waals surface area contributed by atoms with Crippen LogP contribution in [0.15, 0.2) is 61.1 Å². The van der Waals surface area contributed by atoms with E-state index >= 15 is 0 Å². The lowest BCUT2D eigenvalue weighted by molar-refractivity contribution is -0.119. The van der Waals surface area contributed by atoms with Crippen molar-refractivity contribution in [3.8, 4) is 0 Å². The Morgan fingerprint density at radius 2 is 1.66 bits per heavy atom. The van der Waals surface area contributed by atoms with Crippen LogP contribution in [0.2, 0.25) is 0 Å². The number of aliphatic imine (C=N–C) groups is 1. The molecule has 13 heteroatoms. The standard InChI is InChI=1S/C28H31Br2N7O2S2/c1-16(2)25(40-27(31-3)34-23(38)14-19-9-5-11-21(29)32-19)17-7-4-8-18(13-17)26-36-37-28(41-26)35-24(39)15-20-10-6-12-22(30)33-20/h5-6,9-12,17-18H,4,7-8,13-15H2,1-3H3,(H,31,34,38)(H,35,37,39). The second-order valence-electron chi connectivity index (χ2n) is 9.85. The van der Waals surface area contributed by atoms with E-state index in [9.17, 15) is 9.59 Å². The molecule has 216 valence electrons. The van der Waals surface area contributed by atoms with Crippen LogP contribution in [-0.4, -0.2) is 44.2 Å². The van der Waals surface area contributed by atoms with Crippen molar-refractivity contribution in [3.63, 3.8) is 0 Å². The molecule has 1 saturated carbocycles. The molecule has 0 radical (unpaired) electrons. The van der Waals surface area contributed by atoms with Crippen molar-refractivity contribution in [2.24, 2.45) is 10.9 Å². The van der Waals surface area contributed by atoms with Crippen molar-refractivity contribution in [1.82, 2.24) is 25.5 Å². The molecule has 41 heavy (non-hydrogen) atoms. The number of allylic oxidation sites excluding steroid dienone is 2. The van der Waals surface area contributed by atoms with E-state index in [1.807, 2.05) is 36.4 Å². The van der Waals surface area contributed by atoms with E-state index < -0.39 is 0 Å². The van der Waals surface area contributed by atoms with Gasteiger partial charge in [-0.1, -0.05) is 47.2 Å². The highest BCUT2D eigenvalue weighted by Gasteiger charge is 2.30. The van der Waals surface area contributed by atoms with Gasteiger partial charge in [-0.25, -0.2) is 9.97 Å². The molecule has 0 spiro atoms. The second kappa shape index (κ2) is 15.1. The van der Waals surface area contributed by atoms with E-state index in [1.54, 1.807) is 7.05 Å². The summed E-state index contributed by atoms with van der Waals surface area (Å²) in [5.41, 5.74) is 2.57. The summed E-state index contributed by atoms with van der Waals surface area (Å²) in [6, 6.07) is 11.0. The van der Waals surface area contributed by atoms with Crippen LogP contribution < -0.4 is 10.6 Å². The fourth-order valence-corrected chi connectivity index (χ4v) is 7.40. The number of aromatic nitrogens is 4. The van der Waals surface area contributed by atoms with E-state index in [0.29, 0.717) is 36.8 Å². The molecule has 0 aromatic carbocycles. The van der Waals surface area contributed by atoms with E-state index in [1.165, 1.54) is 33.6 Å². The average molecular weight is 722 g/mol. The van der Waals surface area contributed by atoms with Crippen molar-refractivity contribution < 1.29 is 9.59 Å². The zero-order valence-electron chi connectivity index (χ0n) is 23.0. The van der Waals surface area contributed by atoms with Crippen LogP contribution in [0.3, 0.4) is 0 Å². The Kier molecular flexibility index (Phi) is 11.6. The van der Waals surface area contributed by atoms with Gasteiger partial charge >= 0.3 is 0 Å². The molecule has 0 saturated heterocycles. The molecule has 3 heterocycles. The normalized spacial score (nSPS) is 17.1. The number of hydrogen-bond acceptors (Lipinski definition) is 9. The quantitative estimate of drug-likeness (QED) is 0.151. The van der Waals surface area contributed by atoms with E-state index in [4.69, 9.17) is 0 Å². The third kappa shape index (κ3) is 9.52. The number of nitrogens with one attached hydrogen (secondary N) is 2. The third-order valence-electron chi connectivity index (χ3n) is 6.46. The molecule has 4 rings (SSSR count). The number of carbonyl (C=O) groups is 2. The first-order chi connectivity index (χ1) is 19.7. The Morgan fingerprint density at radius 3 is 2.27 bits per heavy atom. The zero-order valence-corrected chi connectivity index (χ0v) is 27.8. The SMILES string of the molecule is CN=C(NC(=O)Cc1cccc(Br)n1)SC(=C(C)C)C1CCCC(c2nnc(NC(=O)Cc3cccc(Br)n3)s2)C1. The highest BCUT2D eigenvalue weighted by atomic mass is 79.9. The largest absolute Gasteiger partial charge is 0.305 e. The van der Waals surface area contributed by atoms with Gasteiger partial charge in [-0.2, -0.15) is 0 Å². The van der Waals surface area contributed by atoms with Crippen molar-refractivity contribution in [2.75, 3.05) is 12.4 Å². The number of amidine groups is 1. The van der Waals surface area contributed by atoms with Crippen molar-refractivity contribution in [2.45, 2.75) is 58.3 Å². The molecule has 3 aromatic heterocycles. The van der Waals surface area contributed by atoms with Gasteiger partial charge in [0.15, 0.2) is 5.17 Å². The van der Waals surface area contributed by atoms with E-state index in [-0.39, 0.29) is 30.6 Å². The second-order valence-corrected chi connectivity index (χ2v) is 13.5. The molecule has 2 unspecified atom stereocenters. The minimum absolute atomic E-state index is 0.155. The summed E-state index contributed by atoms with van der Waals surface area (Å²) in [6.45, 7) is 4.20. The van der Waals surface area contributed by atoms with Gasteiger partial charge in [0.2, 0.25) is 16.9 Å². The summed E-state index contributed by atoms with van der Waals surface area (Å²) in [6.07, 6.45) is 4.39. The van der Waals surface area contributed by atoms with Gasteiger partial charge in [-0.05, 0) is 100 Å². The van der Waals surface area contributed by atoms with Gasteiger partial charge in [-0.15, -0.1) is 10.2 Å². The first-order valence-corrected chi connectivity index (χ1v) is 16.4. The summed E-state index contributed by atoms with van der Waals surface area (Å²) >= 11 is 9.65. The topological polar surface area (TPSA) is 122 Å². The Morgan fingerprint density at radius 1 is 1.00 bits per heavy atom. The molecule has 0 aliphatic heterocycles. The average Bonchev–Trinajstić information content (AvgIpc) is 3.39. The maximum absolute atomic E-state index is 12.7. The number of anilines is 1. The van der Waals surface area contributed by atoms with Crippen molar-refractivity contribution in [1.29, 1.82) is 0 Å². The summed E-state index contributed by atoms with van der Waals surface area (Å²) < 4.78 is 1.39. The Bertz CT molecular complexity index is 1460. The lowest BCUT2D eigenvalue weighted by atomic mass is 9.81. The van der Waals surface area contributed by atoms with Gasteiger partial charge in [0.1, 0.15) is 14.2 Å². The molecule has 3 aromatic rings. The minimum Gasteiger partial charge on any atom is -0.305 e. The van der Waals surface area contributed by atoms with Gasteiger partial charge < -0.3 is 10.6 Å². The Labute approximate surface area is 264 Å². The number of nitrogens with zero attached hydrogens (tertiary/aromatic N) is 5. The van der Waals surface area contributed by atoms with Gasteiger partial charge in [0.25, 0.3) is 0 Å². The highest BCUT2D eigenvalue weighted by Crippen LogP contribution is 2.44. The molecule has 1 aliphatic rings. The van der Waals surface area contributed by atoms with Crippen LogP contribution in [0, 0.1) is 5.92 Å². The van der Waals surface area contributed by atoms with Crippen molar-refractivity contribution in [3.05, 3.63) is 72.5 Å². The fourth-order valence-electron chi connectivity index (χ4n) is 4.68. The van der Waals surface area contributed by atoms with Crippen LogP contribution in [-0.2, 0) is 22.4 Å². The first kappa shape index (κ1) is 31.5. The smallest absolute Gasteiger partial charge is 0.232 e. The first-order valence-electron chi connectivity index (χ1n) is 13.2. The summed E-state index contributed by atoms with van der Waals surface area (Å²) in [4.78, 5) is 39.5. The van der Waals surface area contributed by atoms with E-state index in [0.717, 1.165) is 30.7 Å². The number of pyridine rings is 2. The van der Waals surface area contributed by atoms with Gasteiger partial charge in [0.05, 0.1) is 24.2 Å². The third-order valence-corrected chi connectivity index (χ3v) is 9.78. The molecular weight excluding hydrogens is 690 g/mol. The molecular formula is C28H31Br2N7O2S2. The molecule has 0 bridgehead atoms. The Hall–Kier alpha value is -2.48. The molecule has 1 aliphatic carbocycles. The summed E-state index contributed by atoms with van der Waals surface area (Å²) in [5, 5.41) is 16.5. The van der Waals surface area contributed by atoms with Gasteiger partial charge in [0, 0.05) is 13.0 Å². The lowest BCUT2D eigenvalue weighted by Crippen LogP contribution is -2.30. The summed E-state index contributed by atoms with van der Waals surface area (Å²) in [7, 11) is 1.69. The van der Waals surface area contributed by atoms with Crippen LogP contribution in [0.4, 0.5) is 5.13 Å². The maximum Gasteiger partial charge on any atom is 0.232 e. The number of carbonyl (C=O) groups excluding carboxylic acids is 2. The molecule has 2 amide bonds. The molecule has 1 fully saturated rings. The predicted octanol–water partition coefficient (Wildman–Crippen LogP) is 6.68. The number of hydrogen-bond donors (Lipinski definition) is 2. The molecule has 2 atom stereocenters. The number of thioether (sulfide) groups is 1. The Balaban J connectivity index is 1.35. The van der Waals surface area contributed by atoms with Crippen LogP contribution in [0.5, 0.6) is 0 Å². The fraction of sp³-hybridized carbons (Fsp3) is 0.393. The van der Waals surface area contributed by atoms with E-state index in [2.05, 4.69) is 81.5 Å². The number of rotatable bonds is 8. The van der Waals surface area contributed by atoms with Crippen LogP contribution >= 0.6 is 55.0 Å². The monoisotopic (exact) mass is 719 g/mol. The molecule has 2 N–H and O–H groups in total. The minimum atomic E-state index is -0.174. The van der Waals surface area contributed by atoms with Crippen LogP contribution in [0.25, 0.3) is 0 Å². The highest BCUT2D eigenvalue weighted by molar-refractivity contribution is 9.10. The van der Waals surface area contributed by atoms with Crippen molar-refractivity contribution >= 4 is 77.1 Å². The maximum atomic E-state index is 12.7. The van der Waals surface area contributed by atoms with Gasteiger partial charge in [-0.3, -0.25) is 14.6 Å². The predicted molar refractivity (Wildman–Crippen MR) is 172 cm³/mol. The zero-order chi connectivity index (χ0) is 29.4.